The summed E-state index contributed by atoms with van der Waals surface area (Å²) in [6.07, 6.45) is 0.454. The Hall–Kier alpha value is -1.82. The van der Waals surface area contributed by atoms with Gasteiger partial charge in [-0.1, -0.05) is 73.8 Å². The Labute approximate surface area is 185 Å². The van der Waals surface area contributed by atoms with Crippen molar-refractivity contribution >= 4 is 49.2 Å². The lowest BCUT2D eigenvalue weighted by Gasteiger charge is -2.38. The lowest BCUT2D eigenvalue weighted by molar-refractivity contribution is -0.0190. The van der Waals surface area contributed by atoms with Crippen molar-refractivity contribution in [2.24, 2.45) is 5.10 Å². The van der Waals surface area contributed by atoms with Crippen molar-refractivity contribution in [1.29, 1.82) is 0 Å². The highest BCUT2D eigenvalue weighted by Crippen LogP contribution is 2.49. The molecule has 0 N–H and O–H groups in total. The van der Waals surface area contributed by atoms with Crippen molar-refractivity contribution in [3.8, 4) is 5.75 Å². The molecule has 0 saturated heterocycles. The molecule has 0 unspecified atom stereocenters. The van der Waals surface area contributed by atoms with Gasteiger partial charge in [-0.2, -0.15) is 5.10 Å². The molecule has 3 nitrogen and oxygen atoms in total. The van der Waals surface area contributed by atoms with Crippen molar-refractivity contribution in [3.63, 3.8) is 0 Å². The standard InChI is InChI=1S/C22H15Br2ClN2O/c23-14-7-5-13(6-8-14)19-12-20-17-11-15(24)9-10-21(17)28-22(27(20)26-19)16-3-1-2-4-18(16)25/h1-11,20,22H,12H2/t20-,22+/m1/s1. The first-order chi connectivity index (χ1) is 13.6. The maximum absolute atomic E-state index is 6.50. The van der Waals surface area contributed by atoms with Crippen molar-refractivity contribution < 1.29 is 4.74 Å². The van der Waals surface area contributed by atoms with Crippen LogP contribution in [0.2, 0.25) is 5.02 Å². The van der Waals surface area contributed by atoms with Crippen LogP contribution in [0.5, 0.6) is 5.75 Å². The molecule has 3 aromatic carbocycles. The Bertz CT molecular complexity index is 1080. The fourth-order valence-corrected chi connectivity index (χ4v) is 4.63. The Morgan fingerprint density at radius 3 is 2.46 bits per heavy atom. The molecule has 2 heterocycles. The summed E-state index contributed by atoms with van der Waals surface area (Å²) in [6, 6.07) is 22.3. The highest BCUT2D eigenvalue weighted by Gasteiger charge is 2.41. The lowest BCUT2D eigenvalue weighted by atomic mass is 9.96. The highest BCUT2D eigenvalue weighted by atomic mass is 79.9. The van der Waals surface area contributed by atoms with E-state index in [0.29, 0.717) is 5.02 Å². The summed E-state index contributed by atoms with van der Waals surface area (Å²) in [7, 11) is 0. The van der Waals surface area contributed by atoms with E-state index in [4.69, 9.17) is 21.4 Å². The van der Waals surface area contributed by atoms with Gasteiger partial charge >= 0.3 is 0 Å². The van der Waals surface area contributed by atoms with Gasteiger partial charge in [0.25, 0.3) is 0 Å². The fraction of sp³-hybridized carbons (Fsp3) is 0.136. The molecule has 3 aromatic rings. The number of hydrazone groups is 1. The van der Waals surface area contributed by atoms with Crippen LogP contribution < -0.4 is 4.74 Å². The third-order valence-electron chi connectivity index (χ3n) is 5.10. The van der Waals surface area contributed by atoms with E-state index in [0.717, 1.165) is 43.5 Å². The summed E-state index contributed by atoms with van der Waals surface area (Å²) < 4.78 is 8.46. The predicted octanol–water partition coefficient (Wildman–Crippen LogP) is 7.11. The van der Waals surface area contributed by atoms with Gasteiger partial charge in [0, 0.05) is 31.5 Å². The lowest BCUT2D eigenvalue weighted by Crippen LogP contribution is -2.33. The van der Waals surface area contributed by atoms with Crippen LogP contribution in [-0.2, 0) is 0 Å². The SMILES string of the molecule is Clc1ccccc1[C@@H]1Oc2ccc(Br)cc2[C@H]2CC(c3ccc(Br)cc3)=NN21. The Morgan fingerprint density at radius 2 is 1.68 bits per heavy atom. The van der Waals surface area contributed by atoms with Crippen LogP contribution in [0.15, 0.2) is 80.8 Å². The van der Waals surface area contributed by atoms with E-state index in [1.54, 1.807) is 0 Å². The summed E-state index contributed by atoms with van der Waals surface area (Å²) >= 11 is 13.6. The summed E-state index contributed by atoms with van der Waals surface area (Å²) in [5, 5.41) is 7.70. The molecule has 2 aliphatic rings. The van der Waals surface area contributed by atoms with Gasteiger partial charge in [0.1, 0.15) is 5.75 Å². The van der Waals surface area contributed by atoms with Gasteiger partial charge in [0.15, 0.2) is 0 Å². The molecule has 0 aliphatic carbocycles. The molecule has 2 aliphatic heterocycles. The number of hydrogen-bond acceptors (Lipinski definition) is 3. The summed E-state index contributed by atoms with van der Waals surface area (Å²) in [6.45, 7) is 0. The first-order valence-electron chi connectivity index (χ1n) is 8.92. The molecule has 0 bridgehead atoms. The highest BCUT2D eigenvalue weighted by molar-refractivity contribution is 9.10. The molecule has 140 valence electrons. The minimum atomic E-state index is -0.361. The number of benzene rings is 3. The van der Waals surface area contributed by atoms with E-state index in [2.05, 4.69) is 50.1 Å². The second-order valence-electron chi connectivity index (χ2n) is 6.83. The van der Waals surface area contributed by atoms with Gasteiger partial charge in [-0.25, -0.2) is 5.01 Å². The van der Waals surface area contributed by atoms with Gasteiger partial charge in [0.2, 0.25) is 6.23 Å². The number of fused-ring (bicyclic) bond motifs is 3. The van der Waals surface area contributed by atoms with Crippen LogP contribution >= 0.6 is 43.5 Å². The Morgan fingerprint density at radius 1 is 0.929 bits per heavy atom. The normalized spacial score (nSPS) is 20.2. The van der Waals surface area contributed by atoms with Crippen LogP contribution in [0.25, 0.3) is 0 Å². The number of rotatable bonds is 2. The monoisotopic (exact) mass is 516 g/mol. The first kappa shape index (κ1) is 18.2. The van der Waals surface area contributed by atoms with E-state index >= 15 is 0 Å². The fourth-order valence-electron chi connectivity index (χ4n) is 3.76. The van der Waals surface area contributed by atoms with Crippen LogP contribution in [0.3, 0.4) is 0 Å². The molecule has 0 saturated carbocycles. The van der Waals surface area contributed by atoms with Crippen LogP contribution in [0.1, 0.15) is 35.4 Å². The predicted molar refractivity (Wildman–Crippen MR) is 119 cm³/mol. The van der Waals surface area contributed by atoms with E-state index in [9.17, 15) is 0 Å². The third-order valence-corrected chi connectivity index (χ3v) is 6.47. The van der Waals surface area contributed by atoms with E-state index in [1.165, 1.54) is 0 Å². The van der Waals surface area contributed by atoms with E-state index in [-0.39, 0.29) is 12.3 Å². The molecule has 0 amide bonds. The van der Waals surface area contributed by atoms with Gasteiger partial charge in [-0.3, -0.25) is 0 Å². The zero-order valence-electron chi connectivity index (χ0n) is 14.6. The molecule has 2 atom stereocenters. The molecule has 28 heavy (non-hydrogen) atoms. The molecule has 5 rings (SSSR count). The third kappa shape index (κ3) is 3.15. The molecular formula is C22H15Br2ClN2O. The van der Waals surface area contributed by atoms with Gasteiger partial charge in [-0.15, -0.1) is 0 Å². The Balaban J connectivity index is 1.62. The number of ether oxygens (including phenoxy) is 1. The second kappa shape index (κ2) is 7.21. The van der Waals surface area contributed by atoms with Crippen LogP contribution in [0.4, 0.5) is 0 Å². The quantitative estimate of drug-likeness (QED) is 0.361. The average molecular weight is 519 g/mol. The molecule has 0 radical (unpaired) electrons. The van der Waals surface area contributed by atoms with Gasteiger partial charge in [0.05, 0.1) is 11.8 Å². The maximum atomic E-state index is 6.50. The molecule has 6 heteroatoms. The minimum absolute atomic E-state index is 0.0983. The van der Waals surface area contributed by atoms with Crippen molar-refractivity contribution in [2.45, 2.75) is 18.7 Å². The van der Waals surface area contributed by atoms with Gasteiger partial charge in [-0.05, 0) is 42.0 Å². The zero-order chi connectivity index (χ0) is 19.3. The summed E-state index contributed by atoms with van der Waals surface area (Å²) in [4.78, 5) is 0. The minimum Gasteiger partial charge on any atom is -0.464 e. The zero-order valence-corrected chi connectivity index (χ0v) is 18.6. The van der Waals surface area contributed by atoms with E-state index < -0.39 is 0 Å². The van der Waals surface area contributed by atoms with Crippen molar-refractivity contribution in [3.05, 3.63) is 97.4 Å². The summed E-state index contributed by atoms with van der Waals surface area (Å²) in [5.41, 5.74) is 4.22. The molecular weight excluding hydrogens is 504 g/mol. The van der Waals surface area contributed by atoms with Crippen molar-refractivity contribution in [1.82, 2.24) is 5.01 Å². The average Bonchev–Trinajstić information content (AvgIpc) is 3.14. The number of nitrogens with zero attached hydrogens (tertiary/aromatic N) is 2. The largest absolute Gasteiger partial charge is 0.464 e. The second-order valence-corrected chi connectivity index (χ2v) is 9.07. The smallest absolute Gasteiger partial charge is 0.215 e. The maximum Gasteiger partial charge on any atom is 0.215 e. The molecule has 0 spiro atoms. The van der Waals surface area contributed by atoms with Crippen molar-refractivity contribution in [2.75, 3.05) is 0 Å². The molecule has 0 fully saturated rings. The van der Waals surface area contributed by atoms with Gasteiger partial charge < -0.3 is 4.74 Å². The van der Waals surface area contributed by atoms with Crippen LogP contribution in [0, 0.1) is 0 Å². The number of halogens is 3. The summed E-state index contributed by atoms with van der Waals surface area (Å²) in [5.74, 6) is 0.877. The topological polar surface area (TPSA) is 24.8 Å². The first-order valence-corrected chi connectivity index (χ1v) is 10.9. The number of hydrogen-bond donors (Lipinski definition) is 0. The van der Waals surface area contributed by atoms with E-state index in [1.807, 2.05) is 53.5 Å². The Kier molecular flexibility index (Phi) is 4.69. The van der Waals surface area contributed by atoms with Crippen LogP contribution in [-0.4, -0.2) is 10.7 Å². The molecule has 0 aromatic heterocycles.